The average Bonchev–Trinajstić information content (AvgIpc) is 2.90. The monoisotopic (exact) mass is 385 g/mol. The van der Waals surface area contributed by atoms with Crippen molar-refractivity contribution in [3.63, 3.8) is 0 Å². The summed E-state index contributed by atoms with van der Waals surface area (Å²) in [5, 5.41) is -0.338. The number of amides is 1. The minimum absolute atomic E-state index is 0.0132. The molecule has 2 aliphatic heterocycles. The molecular weight excluding hydrogens is 362 g/mol. The smallest absolute Gasteiger partial charge is 0.258 e. The Morgan fingerprint density at radius 2 is 1.56 bits per heavy atom. The lowest BCUT2D eigenvalue weighted by Gasteiger charge is -2.38. The topological polar surface area (TPSA) is 63.7 Å². The predicted molar refractivity (Wildman–Crippen MR) is 104 cm³/mol. The van der Waals surface area contributed by atoms with Gasteiger partial charge in [0, 0.05) is 18.3 Å². The molecule has 142 valence electrons. The lowest BCUT2D eigenvalue weighted by atomic mass is 10.0. The van der Waals surface area contributed by atoms with Crippen LogP contribution in [0.2, 0.25) is 0 Å². The molecule has 0 aliphatic carbocycles. The van der Waals surface area contributed by atoms with E-state index in [0.29, 0.717) is 29.9 Å². The molecule has 6 heteroatoms. The summed E-state index contributed by atoms with van der Waals surface area (Å²) in [7, 11) is -3.08. The third-order valence-electron chi connectivity index (χ3n) is 5.62. The molecule has 2 heterocycles. The number of piperidine rings is 1. The highest BCUT2D eigenvalue weighted by Gasteiger charge is 2.46. The molecule has 1 amide bonds. The lowest BCUT2D eigenvalue weighted by molar-refractivity contribution is 0.0596. The van der Waals surface area contributed by atoms with E-state index in [-0.39, 0.29) is 23.2 Å². The van der Waals surface area contributed by atoms with Gasteiger partial charge < -0.3 is 9.64 Å². The van der Waals surface area contributed by atoms with Crippen LogP contribution in [-0.2, 0) is 9.84 Å². The highest BCUT2D eigenvalue weighted by Crippen LogP contribution is 2.40. The summed E-state index contributed by atoms with van der Waals surface area (Å²) in [5.74, 6) is 1.14. The zero-order chi connectivity index (χ0) is 19.0. The average molecular weight is 385 g/mol. The number of nitrogens with zero attached hydrogens (tertiary/aromatic N) is 1. The second-order valence-corrected chi connectivity index (χ2v) is 9.76. The van der Waals surface area contributed by atoms with Crippen molar-refractivity contribution in [1.82, 2.24) is 4.90 Å². The van der Waals surface area contributed by atoms with E-state index < -0.39 is 9.84 Å². The first-order valence-corrected chi connectivity index (χ1v) is 11.2. The summed E-state index contributed by atoms with van der Waals surface area (Å²) in [4.78, 5) is 15.2. The Morgan fingerprint density at radius 3 is 2.19 bits per heavy atom. The Morgan fingerprint density at radius 1 is 0.963 bits per heavy atom. The third-order valence-corrected chi connectivity index (χ3v) is 7.21. The second kappa shape index (κ2) is 7.00. The van der Waals surface area contributed by atoms with E-state index in [9.17, 15) is 13.2 Å². The van der Waals surface area contributed by atoms with Crippen LogP contribution in [0.15, 0.2) is 54.6 Å². The van der Waals surface area contributed by atoms with Gasteiger partial charge in [0.05, 0.1) is 10.8 Å². The van der Waals surface area contributed by atoms with Gasteiger partial charge >= 0.3 is 0 Å². The Hall–Kier alpha value is -2.34. The number of para-hydroxylation sites is 2. The Balaban J connectivity index is 1.59. The van der Waals surface area contributed by atoms with E-state index in [2.05, 4.69) is 0 Å². The van der Waals surface area contributed by atoms with Crippen molar-refractivity contribution in [2.45, 2.75) is 43.0 Å². The van der Waals surface area contributed by atoms with Crippen molar-refractivity contribution >= 4 is 15.7 Å². The van der Waals surface area contributed by atoms with Crippen LogP contribution < -0.4 is 4.74 Å². The van der Waals surface area contributed by atoms with E-state index >= 15 is 0 Å². The Labute approximate surface area is 159 Å². The normalized spacial score (nSPS) is 24.6. The fourth-order valence-corrected chi connectivity index (χ4v) is 5.44. The third kappa shape index (κ3) is 3.58. The van der Waals surface area contributed by atoms with Gasteiger partial charge in [-0.05, 0) is 49.9 Å². The van der Waals surface area contributed by atoms with Gasteiger partial charge in [-0.1, -0.05) is 30.3 Å². The SMILES string of the molecule is CS(=O)(=O)C1CC2CCC(C1)N2C(=O)c1ccccc1Oc1ccccc1. The van der Waals surface area contributed by atoms with Crippen LogP contribution in [0.1, 0.15) is 36.0 Å². The van der Waals surface area contributed by atoms with Crippen LogP contribution in [-0.4, -0.2) is 42.8 Å². The molecule has 5 nitrogen and oxygen atoms in total. The van der Waals surface area contributed by atoms with Crippen molar-refractivity contribution in [3.8, 4) is 11.5 Å². The Kier molecular flexibility index (Phi) is 4.68. The molecule has 2 bridgehead atoms. The minimum Gasteiger partial charge on any atom is -0.457 e. The molecule has 2 aromatic rings. The molecule has 0 aromatic heterocycles. The predicted octanol–water partition coefficient (Wildman–Crippen LogP) is 3.66. The molecule has 2 fully saturated rings. The second-order valence-electron chi connectivity index (χ2n) is 7.43. The number of fused-ring (bicyclic) bond motifs is 2. The maximum atomic E-state index is 13.3. The van der Waals surface area contributed by atoms with E-state index in [0.717, 1.165) is 12.8 Å². The van der Waals surface area contributed by atoms with Gasteiger partial charge in [0.25, 0.3) is 5.91 Å². The molecule has 27 heavy (non-hydrogen) atoms. The molecule has 2 aromatic carbocycles. The van der Waals surface area contributed by atoms with Gasteiger partial charge in [-0.3, -0.25) is 4.79 Å². The van der Waals surface area contributed by atoms with Gasteiger partial charge in [0.2, 0.25) is 0 Å². The van der Waals surface area contributed by atoms with Crippen LogP contribution in [0.25, 0.3) is 0 Å². The van der Waals surface area contributed by atoms with Crippen molar-refractivity contribution < 1.29 is 17.9 Å². The zero-order valence-corrected chi connectivity index (χ0v) is 16.1. The molecule has 2 atom stereocenters. The first-order valence-electron chi connectivity index (χ1n) is 9.27. The van der Waals surface area contributed by atoms with Crippen LogP contribution >= 0.6 is 0 Å². The largest absolute Gasteiger partial charge is 0.457 e. The van der Waals surface area contributed by atoms with Crippen LogP contribution in [0.4, 0.5) is 0 Å². The van der Waals surface area contributed by atoms with E-state index in [1.807, 2.05) is 47.4 Å². The summed E-state index contributed by atoms with van der Waals surface area (Å²) in [6.07, 6.45) is 4.09. The van der Waals surface area contributed by atoms with Gasteiger partial charge in [-0.25, -0.2) is 8.42 Å². The zero-order valence-electron chi connectivity index (χ0n) is 15.2. The van der Waals surface area contributed by atoms with E-state index in [1.165, 1.54) is 6.26 Å². The van der Waals surface area contributed by atoms with Gasteiger partial charge in [0.15, 0.2) is 0 Å². The lowest BCUT2D eigenvalue weighted by Crippen LogP contribution is -2.49. The number of benzene rings is 2. The minimum atomic E-state index is -3.08. The quantitative estimate of drug-likeness (QED) is 0.806. The van der Waals surface area contributed by atoms with Gasteiger partial charge in [-0.2, -0.15) is 0 Å². The fraction of sp³-hybridized carbons (Fsp3) is 0.381. The highest BCUT2D eigenvalue weighted by molar-refractivity contribution is 7.91. The van der Waals surface area contributed by atoms with Crippen molar-refractivity contribution in [2.24, 2.45) is 0 Å². The fourth-order valence-electron chi connectivity index (χ4n) is 4.30. The first kappa shape index (κ1) is 18.0. The molecular formula is C21H23NO4S. The Bertz CT molecular complexity index is 928. The van der Waals surface area contributed by atoms with Gasteiger partial charge in [-0.15, -0.1) is 0 Å². The van der Waals surface area contributed by atoms with Crippen molar-refractivity contribution in [1.29, 1.82) is 0 Å². The number of rotatable bonds is 4. The maximum Gasteiger partial charge on any atom is 0.258 e. The molecule has 0 saturated carbocycles. The molecule has 2 saturated heterocycles. The molecule has 4 rings (SSSR count). The first-order chi connectivity index (χ1) is 12.9. The summed E-state index contributed by atoms with van der Waals surface area (Å²) < 4.78 is 29.9. The molecule has 2 unspecified atom stereocenters. The van der Waals surface area contributed by atoms with E-state index in [4.69, 9.17) is 4.74 Å². The molecule has 0 radical (unpaired) electrons. The summed E-state index contributed by atoms with van der Waals surface area (Å²) in [6.45, 7) is 0. The summed E-state index contributed by atoms with van der Waals surface area (Å²) >= 11 is 0. The van der Waals surface area contributed by atoms with Crippen LogP contribution in [0.5, 0.6) is 11.5 Å². The number of sulfone groups is 1. The maximum absolute atomic E-state index is 13.3. The van der Waals surface area contributed by atoms with Crippen molar-refractivity contribution in [2.75, 3.05) is 6.26 Å². The number of hydrogen-bond donors (Lipinski definition) is 0. The molecule has 0 N–H and O–H groups in total. The number of carbonyl (C=O) groups excluding carboxylic acids is 1. The molecule has 2 aliphatic rings. The van der Waals surface area contributed by atoms with Gasteiger partial charge in [0.1, 0.15) is 21.3 Å². The molecule has 0 spiro atoms. The number of hydrogen-bond acceptors (Lipinski definition) is 4. The standard InChI is InChI=1S/C21H23NO4S/c1-27(24,25)18-13-15-11-12-16(14-18)22(15)21(23)19-9-5-6-10-20(19)26-17-7-3-2-4-8-17/h2-10,15-16,18H,11-14H2,1H3. The summed E-state index contributed by atoms with van der Waals surface area (Å²) in [5.41, 5.74) is 0.524. The van der Waals surface area contributed by atoms with Crippen molar-refractivity contribution in [3.05, 3.63) is 60.2 Å². The number of carbonyl (C=O) groups is 1. The summed E-state index contributed by atoms with van der Waals surface area (Å²) in [6, 6.07) is 16.6. The van der Waals surface area contributed by atoms with Crippen LogP contribution in [0.3, 0.4) is 0 Å². The number of ether oxygens (including phenoxy) is 1. The highest BCUT2D eigenvalue weighted by atomic mass is 32.2. The van der Waals surface area contributed by atoms with E-state index in [1.54, 1.807) is 12.1 Å². The van der Waals surface area contributed by atoms with Crippen LogP contribution in [0, 0.1) is 0 Å².